The first-order valence-electron chi connectivity index (χ1n) is 4.21. The minimum Gasteiger partial charge on any atom is -0.504 e. The monoisotopic (exact) mass is 250 g/mol. The van der Waals surface area contributed by atoms with Crippen molar-refractivity contribution in [2.45, 2.75) is 13.8 Å². The minimum absolute atomic E-state index is 0.0208. The zero-order valence-corrected chi connectivity index (χ0v) is 9.86. The van der Waals surface area contributed by atoms with Gasteiger partial charge in [-0.25, -0.2) is 0 Å². The van der Waals surface area contributed by atoms with Gasteiger partial charge in [-0.3, -0.25) is 4.79 Å². The zero-order valence-electron chi connectivity index (χ0n) is 8.34. The highest BCUT2D eigenvalue weighted by atomic mass is 35.5. The van der Waals surface area contributed by atoms with E-state index in [1.165, 1.54) is 6.07 Å². The molecule has 0 spiro atoms. The SMILES string of the molecule is CC.NC(=O)c1c(Cl)cc(Cl)c(O)c1N. The molecule has 1 aromatic carbocycles. The van der Waals surface area contributed by atoms with Crippen LogP contribution in [0.1, 0.15) is 24.2 Å². The van der Waals surface area contributed by atoms with Gasteiger partial charge in [-0.2, -0.15) is 0 Å². The Hall–Kier alpha value is -1.13. The van der Waals surface area contributed by atoms with E-state index in [-0.39, 0.29) is 27.0 Å². The second-order valence-corrected chi connectivity index (χ2v) is 3.16. The molecule has 4 nitrogen and oxygen atoms in total. The lowest BCUT2D eigenvalue weighted by atomic mass is 10.1. The Morgan fingerprint density at radius 1 is 1.33 bits per heavy atom. The molecule has 0 radical (unpaired) electrons. The van der Waals surface area contributed by atoms with Crippen LogP contribution in [-0.4, -0.2) is 11.0 Å². The summed E-state index contributed by atoms with van der Waals surface area (Å²) in [6.07, 6.45) is 0. The largest absolute Gasteiger partial charge is 0.504 e. The molecule has 1 rings (SSSR count). The topological polar surface area (TPSA) is 89.3 Å². The lowest BCUT2D eigenvalue weighted by Gasteiger charge is -2.07. The molecule has 5 N–H and O–H groups in total. The third-order valence-corrected chi connectivity index (χ3v) is 2.08. The number of carbonyl (C=O) groups excluding carboxylic acids is 1. The number of nitrogen functional groups attached to an aromatic ring is 1. The molecule has 1 amide bonds. The summed E-state index contributed by atoms with van der Waals surface area (Å²) in [5, 5.41) is 9.24. The Kier molecular flexibility index (Phi) is 5.25. The number of benzene rings is 1. The minimum atomic E-state index is -0.811. The van der Waals surface area contributed by atoms with E-state index in [0.717, 1.165) is 0 Å². The molecule has 0 aromatic heterocycles. The molecule has 15 heavy (non-hydrogen) atoms. The Labute approximate surface area is 97.8 Å². The number of rotatable bonds is 1. The van der Waals surface area contributed by atoms with E-state index in [1.54, 1.807) is 0 Å². The van der Waals surface area contributed by atoms with Gasteiger partial charge >= 0.3 is 0 Å². The Morgan fingerprint density at radius 2 is 1.80 bits per heavy atom. The number of phenolic OH excluding ortho intramolecular Hbond substituents is 1. The summed E-state index contributed by atoms with van der Waals surface area (Å²) >= 11 is 11.2. The summed E-state index contributed by atoms with van der Waals surface area (Å²) in [4.78, 5) is 10.8. The third-order valence-electron chi connectivity index (χ3n) is 1.49. The molecule has 0 saturated heterocycles. The van der Waals surface area contributed by atoms with E-state index in [0.29, 0.717) is 0 Å². The number of hydrogen-bond donors (Lipinski definition) is 3. The maximum atomic E-state index is 10.8. The van der Waals surface area contributed by atoms with Gasteiger partial charge in [0.1, 0.15) is 0 Å². The van der Waals surface area contributed by atoms with Crippen molar-refractivity contribution in [2.24, 2.45) is 5.73 Å². The van der Waals surface area contributed by atoms with Gasteiger partial charge in [0.25, 0.3) is 5.91 Å². The van der Waals surface area contributed by atoms with E-state index in [9.17, 15) is 9.90 Å². The molecule has 0 aliphatic carbocycles. The van der Waals surface area contributed by atoms with Crippen LogP contribution < -0.4 is 11.5 Å². The summed E-state index contributed by atoms with van der Waals surface area (Å²) in [5.74, 6) is -1.20. The summed E-state index contributed by atoms with van der Waals surface area (Å²) in [7, 11) is 0. The number of halogens is 2. The van der Waals surface area contributed by atoms with Crippen molar-refractivity contribution in [3.05, 3.63) is 21.7 Å². The summed E-state index contributed by atoms with van der Waals surface area (Å²) in [5.41, 5.74) is 10.0. The number of nitrogens with two attached hydrogens (primary N) is 2. The van der Waals surface area contributed by atoms with E-state index >= 15 is 0 Å². The number of amides is 1. The molecule has 6 heteroatoms. The fourth-order valence-corrected chi connectivity index (χ4v) is 1.45. The molecule has 0 atom stereocenters. The van der Waals surface area contributed by atoms with Crippen molar-refractivity contribution < 1.29 is 9.90 Å². The smallest absolute Gasteiger partial charge is 0.252 e. The van der Waals surface area contributed by atoms with E-state index in [2.05, 4.69) is 0 Å². The Bertz CT molecular complexity index is 381. The van der Waals surface area contributed by atoms with Gasteiger partial charge in [0.15, 0.2) is 5.75 Å². The highest BCUT2D eigenvalue weighted by Gasteiger charge is 2.17. The maximum absolute atomic E-state index is 10.8. The standard InChI is InChI=1S/C7H6Cl2N2O2.C2H6/c8-2-1-3(9)6(12)5(10)4(2)7(11)13;1-2/h1,12H,10H2,(H2,11,13);1-2H3. The summed E-state index contributed by atoms with van der Waals surface area (Å²) in [6, 6.07) is 1.20. The average molecular weight is 251 g/mol. The van der Waals surface area contributed by atoms with Crippen LogP contribution in [0.3, 0.4) is 0 Å². The number of primary amides is 1. The molecule has 0 bridgehead atoms. The first-order valence-corrected chi connectivity index (χ1v) is 4.97. The summed E-state index contributed by atoms with van der Waals surface area (Å²) < 4.78 is 0. The van der Waals surface area contributed by atoms with E-state index in [1.807, 2.05) is 13.8 Å². The molecule has 0 aliphatic heterocycles. The van der Waals surface area contributed by atoms with Gasteiger partial charge in [0, 0.05) is 0 Å². The Balaban J connectivity index is 0.000000921. The van der Waals surface area contributed by atoms with Crippen LogP contribution in [-0.2, 0) is 0 Å². The highest BCUT2D eigenvalue weighted by molar-refractivity contribution is 6.38. The summed E-state index contributed by atoms with van der Waals surface area (Å²) in [6.45, 7) is 4.00. The highest BCUT2D eigenvalue weighted by Crippen LogP contribution is 2.36. The quantitative estimate of drug-likeness (QED) is 0.528. The van der Waals surface area contributed by atoms with Crippen molar-refractivity contribution in [1.29, 1.82) is 0 Å². The van der Waals surface area contributed by atoms with Crippen LogP contribution in [0.25, 0.3) is 0 Å². The Morgan fingerprint density at radius 3 is 2.20 bits per heavy atom. The number of hydrogen-bond acceptors (Lipinski definition) is 3. The molecule has 0 fully saturated rings. The molecular formula is C9H12Cl2N2O2. The first-order chi connectivity index (χ1) is 6.95. The fraction of sp³-hybridized carbons (Fsp3) is 0.222. The van der Waals surface area contributed by atoms with Crippen LogP contribution in [0.15, 0.2) is 6.07 Å². The lowest BCUT2D eigenvalue weighted by Crippen LogP contribution is -2.14. The van der Waals surface area contributed by atoms with Crippen molar-refractivity contribution in [3.8, 4) is 5.75 Å². The molecule has 0 aliphatic rings. The van der Waals surface area contributed by atoms with E-state index < -0.39 is 5.91 Å². The average Bonchev–Trinajstić information content (AvgIpc) is 2.17. The number of aromatic hydroxyl groups is 1. The molecule has 0 unspecified atom stereocenters. The van der Waals surface area contributed by atoms with Crippen molar-refractivity contribution >= 4 is 34.8 Å². The first kappa shape index (κ1) is 13.9. The maximum Gasteiger partial charge on any atom is 0.252 e. The second kappa shape index (κ2) is 5.68. The van der Waals surface area contributed by atoms with Gasteiger partial charge < -0.3 is 16.6 Å². The van der Waals surface area contributed by atoms with Gasteiger partial charge in [-0.15, -0.1) is 0 Å². The van der Waals surface area contributed by atoms with Crippen LogP contribution in [0.4, 0.5) is 5.69 Å². The van der Waals surface area contributed by atoms with Crippen molar-refractivity contribution in [1.82, 2.24) is 0 Å². The lowest BCUT2D eigenvalue weighted by molar-refractivity contribution is 0.100. The van der Waals surface area contributed by atoms with Gasteiger partial charge in [-0.1, -0.05) is 37.0 Å². The van der Waals surface area contributed by atoms with E-state index in [4.69, 9.17) is 34.7 Å². The van der Waals surface area contributed by atoms with Crippen molar-refractivity contribution in [2.75, 3.05) is 5.73 Å². The third kappa shape index (κ3) is 2.91. The molecule has 84 valence electrons. The number of carbonyl (C=O) groups is 1. The molecule has 0 heterocycles. The van der Waals surface area contributed by atoms with Crippen molar-refractivity contribution in [3.63, 3.8) is 0 Å². The predicted molar refractivity (Wildman–Crippen MR) is 62.4 cm³/mol. The molecule has 1 aromatic rings. The molecular weight excluding hydrogens is 239 g/mol. The van der Waals surface area contributed by atoms with Crippen LogP contribution in [0.2, 0.25) is 10.0 Å². The van der Waals surface area contributed by atoms with Crippen LogP contribution in [0, 0.1) is 0 Å². The van der Waals surface area contributed by atoms with Crippen LogP contribution in [0.5, 0.6) is 5.75 Å². The number of phenols is 1. The van der Waals surface area contributed by atoms with Crippen LogP contribution >= 0.6 is 23.2 Å². The number of anilines is 1. The van der Waals surface area contributed by atoms with Gasteiger partial charge in [0.2, 0.25) is 0 Å². The predicted octanol–water partition coefficient (Wildman–Crippen LogP) is 2.41. The normalized spacial score (nSPS) is 9.07. The molecule has 0 saturated carbocycles. The fourth-order valence-electron chi connectivity index (χ4n) is 0.878. The second-order valence-electron chi connectivity index (χ2n) is 2.34. The van der Waals surface area contributed by atoms with Gasteiger partial charge in [0.05, 0.1) is 21.3 Å². The zero-order chi connectivity index (χ0) is 12.2. The van der Waals surface area contributed by atoms with Gasteiger partial charge in [-0.05, 0) is 6.07 Å².